The van der Waals surface area contributed by atoms with E-state index in [-0.39, 0.29) is 11.9 Å². The van der Waals surface area contributed by atoms with E-state index in [1.807, 2.05) is 67.3 Å². The normalized spacial score (nSPS) is 14.8. The third-order valence-electron chi connectivity index (χ3n) is 4.93. The highest BCUT2D eigenvalue weighted by molar-refractivity contribution is 7.80. The summed E-state index contributed by atoms with van der Waals surface area (Å²) in [6.45, 7) is 6.29. The summed E-state index contributed by atoms with van der Waals surface area (Å²) in [5, 5.41) is 6.91. The molecule has 0 bridgehead atoms. The lowest BCUT2D eigenvalue weighted by molar-refractivity contribution is 0.0724. The summed E-state index contributed by atoms with van der Waals surface area (Å²) in [6, 6.07) is 15.5. The van der Waals surface area contributed by atoms with Crippen molar-refractivity contribution >= 4 is 28.9 Å². The van der Waals surface area contributed by atoms with Gasteiger partial charge in [-0.3, -0.25) is 4.79 Å². The Kier molecular flexibility index (Phi) is 7.47. The molecule has 0 radical (unpaired) electrons. The quantitative estimate of drug-likeness (QED) is 0.691. The molecule has 154 valence electrons. The Bertz CT molecular complexity index is 815. The second kappa shape index (κ2) is 10.3. The van der Waals surface area contributed by atoms with Crippen molar-refractivity contribution in [3.8, 4) is 5.75 Å². The molecule has 3 rings (SSSR count). The number of anilines is 1. The molecule has 0 spiro atoms. The van der Waals surface area contributed by atoms with Crippen molar-refractivity contribution in [2.75, 3.05) is 25.0 Å². The van der Waals surface area contributed by atoms with Crippen molar-refractivity contribution < 1.29 is 9.53 Å². The minimum Gasteiger partial charge on any atom is -0.491 e. The molecule has 5 nitrogen and oxygen atoms in total. The van der Waals surface area contributed by atoms with Crippen LogP contribution in [0.5, 0.6) is 5.75 Å². The minimum absolute atomic E-state index is 0.0521. The van der Waals surface area contributed by atoms with Gasteiger partial charge in [0.25, 0.3) is 5.91 Å². The first-order chi connectivity index (χ1) is 14.0. The number of amides is 1. The molecule has 0 aliphatic carbocycles. The number of hydrogen-bond acceptors (Lipinski definition) is 3. The molecule has 0 unspecified atom stereocenters. The topological polar surface area (TPSA) is 53.6 Å². The molecule has 1 saturated heterocycles. The summed E-state index contributed by atoms with van der Waals surface area (Å²) in [6.07, 6.45) is 3.40. The highest BCUT2D eigenvalue weighted by Gasteiger charge is 2.17. The van der Waals surface area contributed by atoms with Crippen molar-refractivity contribution in [3.63, 3.8) is 0 Å². The van der Waals surface area contributed by atoms with Crippen LogP contribution in [0, 0.1) is 6.92 Å². The van der Waals surface area contributed by atoms with Crippen LogP contribution in [0.2, 0.25) is 0 Å². The predicted molar refractivity (Wildman–Crippen MR) is 122 cm³/mol. The second-order valence-corrected chi connectivity index (χ2v) is 7.96. The van der Waals surface area contributed by atoms with E-state index in [0.29, 0.717) is 11.7 Å². The summed E-state index contributed by atoms with van der Waals surface area (Å²) in [4.78, 5) is 14.5. The molecular weight excluding hydrogens is 382 g/mol. The minimum atomic E-state index is 0.0521. The summed E-state index contributed by atoms with van der Waals surface area (Å²) in [5.74, 6) is 0.955. The van der Waals surface area contributed by atoms with Crippen molar-refractivity contribution in [2.24, 2.45) is 0 Å². The van der Waals surface area contributed by atoms with Gasteiger partial charge in [0.15, 0.2) is 5.11 Å². The van der Waals surface area contributed by atoms with Gasteiger partial charge in [0.1, 0.15) is 12.4 Å². The molecule has 1 fully saturated rings. The van der Waals surface area contributed by atoms with Gasteiger partial charge in [-0.15, -0.1) is 0 Å². The summed E-state index contributed by atoms with van der Waals surface area (Å²) in [7, 11) is 0. The molecule has 1 heterocycles. The average Bonchev–Trinajstić information content (AvgIpc) is 2.74. The number of aryl methyl sites for hydroxylation is 1. The van der Waals surface area contributed by atoms with Gasteiger partial charge < -0.3 is 20.3 Å². The molecule has 1 aliphatic heterocycles. The van der Waals surface area contributed by atoms with Crippen LogP contribution in [-0.2, 0) is 0 Å². The second-order valence-electron chi connectivity index (χ2n) is 7.55. The molecule has 29 heavy (non-hydrogen) atoms. The molecule has 0 aromatic heterocycles. The first-order valence-electron chi connectivity index (χ1n) is 10.2. The van der Waals surface area contributed by atoms with E-state index in [1.165, 1.54) is 12.0 Å². The number of rotatable bonds is 6. The Balaban J connectivity index is 1.44. The number of likely N-dealkylation sites (tertiary alicyclic amines) is 1. The van der Waals surface area contributed by atoms with Crippen LogP contribution < -0.4 is 15.4 Å². The Morgan fingerprint density at radius 2 is 1.72 bits per heavy atom. The third-order valence-corrected chi connectivity index (χ3v) is 5.15. The zero-order valence-corrected chi connectivity index (χ0v) is 17.9. The molecule has 0 saturated carbocycles. The first-order valence-corrected chi connectivity index (χ1v) is 10.6. The Labute approximate surface area is 178 Å². The van der Waals surface area contributed by atoms with Crippen LogP contribution in [0.15, 0.2) is 48.5 Å². The van der Waals surface area contributed by atoms with Gasteiger partial charge >= 0.3 is 0 Å². The van der Waals surface area contributed by atoms with Crippen LogP contribution in [0.1, 0.15) is 42.1 Å². The molecule has 1 atom stereocenters. The Morgan fingerprint density at radius 1 is 1.07 bits per heavy atom. The van der Waals surface area contributed by atoms with Gasteiger partial charge in [0.2, 0.25) is 0 Å². The first kappa shape index (κ1) is 21.1. The highest BCUT2D eigenvalue weighted by Crippen LogP contribution is 2.16. The fourth-order valence-electron chi connectivity index (χ4n) is 3.26. The molecule has 2 N–H and O–H groups in total. The lowest BCUT2D eigenvalue weighted by atomic mass is 10.1. The maximum atomic E-state index is 12.5. The van der Waals surface area contributed by atoms with Crippen LogP contribution in [0.25, 0.3) is 0 Å². The van der Waals surface area contributed by atoms with E-state index in [4.69, 9.17) is 17.0 Å². The smallest absolute Gasteiger partial charge is 0.253 e. The van der Waals surface area contributed by atoms with Crippen LogP contribution in [-0.4, -0.2) is 41.7 Å². The number of carbonyl (C=O) groups is 1. The van der Waals surface area contributed by atoms with Crippen LogP contribution >= 0.6 is 12.2 Å². The maximum absolute atomic E-state index is 12.5. The predicted octanol–water partition coefficient (Wildman–Crippen LogP) is 4.38. The Hall–Kier alpha value is -2.60. The number of nitrogens with zero attached hydrogens (tertiary/aromatic N) is 1. The van der Waals surface area contributed by atoms with Crippen molar-refractivity contribution in [1.29, 1.82) is 0 Å². The molecular formula is C23H29N3O2S. The number of carbonyl (C=O) groups excluding carboxylic acids is 1. The average molecular weight is 412 g/mol. The van der Waals surface area contributed by atoms with Gasteiger partial charge in [0.05, 0.1) is 6.04 Å². The molecule has 6 heteroatoms. The van der Waals surface area contributed by atoms with E-state index in [1.54, 1.807) is 0 Å². The fraction of sp³-hybridized carbons (Fsp3) is 0.391. The number of piperidine rings is 1. The van der Waals surface area contributed by atoms with Crippen LogP contribution in [0.4, 0.5) is 5.69 Å². The van der Waals surface area contributed by atoms with E-state index >= 15 is 0 Å². The monoisotopic (exact) mass is 411 g/mol. The van der Waals surface area contributed by atoms with Gasteiger partial charge in [-0.1, -0.05) is 17.7 Å². The Morgan fingerprint density at radius 3 is 2.38 bits per heavy atom. The fourth-order valence-corrected chi connectivity index (χ4v) is 3.58. The lowest BCUT2D eigenvalue weighted by Crippen LogP contribution is -2.39. The van der Waals surface area contributed by atoms with Crippen LogP contribution in [0.3, 0.4) is 0 Å². The number of benzene rings is 2. The summed E-state index contributed by atoms with van der Waals surface area (Å²) in [5.41, 5.74) is 2.78. The number of hydrogen-bond donors (Lipinski definition) is 2. The number of ether oxygens (including phenoxy) is 1. The van der Waals surface area contributed by atoms with Gasteiger partial charge in [-0.25, -0.2) is 0 Å². The van der Waals surface area contributed by atoms with Crippen molar-refractivity contribution in [3.05, 3.63) is 59.7 Å². The lowest BCUT2D eigenvalue weighted by Gasteiger charge is -2.26. The van der Waals surface area contributed by atoms with E-state index in [2.05, 4.69) is 10.6 Å². The van der Waals surface area contributed by atoms with Crippen molar-refractivity contribution in [1.82, 2.24) is 10.2 Å². The summed E-state index contributed by atoms with van der Waals surface area (Å²) < 4.78 is 5.78. The standard InChI is InChI=1S/C23H29N3O2S/c1-17-6-12-21(13-7-17)28-16-18(2)24-23(29)25-20-10-8-19(9-11-20)22(27)26-14-4-3-5-15-26/h6-13,18H,3-5,14-16H2,1-2H3,(H2,24,25,29)/t18-/m0/s1. The SMILES string of the molecule is Cc1ccc(OC[C@H](C)NC(=S)Nc2ccc(C(=O)N3CCCCC3)cc2)cc1. The van der Waals surface area contributed by atoms with E-state index < -0.39 is 0 Å². The number of thiocarbonyl (C=S) groups is 1. The third kappa shape index (κ3) is 6.46. The zero-order valence-electron chi connectivity index (χ0n) is 17.1. The van der Waals surface area contributed by atoms with Gasteiger partial charge in [0, 0.05) is 24.3 Å². The van der Waals surface area contributed by atoms with E-state index in [9.17, 15) is 4.79 Å². The maximum Gasteiger partial charge on any atom is 0.253 e. The molecule has 1 amide bonds. The van der Waals surface area contributed by atoms with E-state index in [0.717, 1.165) is 42.9 Å². The zero-order chi connectivity index (χ0) is 20.6. The molecule has 1 aliphatic rings. The summed E-state index contributed by atoms with van der Waals surface area (Å²) >= 11 is 5.39. The van der Waals surface area contributed by atoms with Gasteiger partial charge in [-0.2, -0.15) is 0 Å². The van der Waals surface area contributed by atoms with Crippen molar-refractivity contribution in [2.45, 2.75) is 39.2 Å². The largest absolute Gasteiger partial charge is 0.491 e. The molecule has 2 aromatic rings. The molecule has 2 aromatic carbocycles. The number of nitrogens with one attached hydrogen (secondary N) is 2. The van der Waals surface area contributed by atoms with Gasteiger partial charge in [-0.05, 0) is 81.7 Å². The highest BCUT2D eigenvalue weighted by atomic mass is 32.1.